The lowest BCUT2D eigenvalue weighted by Crippen LogP contribution is -2.35. The number of nitro benzene ring substituents is 1. The minimum atomic E-state index is -0.443. The predicted octanol–water partition coefficient (Wildman–Crippen LogP) is 2.63. The lowest BCUT2D eigenvalue weighted by Gasteiger charge is -2.33. The number of non-ortho nitro benzene ring substituents is 1. The Hall–Kier alpha value is -2.32. The highest BCUT2D eigenvalue weighted by Gasteiger charge is 2.24. The van der Waals surface area contributed by atoms with Gasteiger partial charge in [0.25, 0.3) is 5.69 Å². The largest absolute Gasteiger partial charge is 0.396 e. The second-order valence-electron chi connectivity index (χ2n) is 6.59. The zero-order valence-corrected chi connectivity index (χ0v) is 14.2. The summed E-state index contributed by atoms with van der Waals surface area (Å²) in [6.07, 6.45) is 4.17. The molecule has 3 rings (SSSR count). The minimum Gasteiger partial charge on any atom is -0.396 e. The van der Waals surface area contributed by atoms with Crippen LogP contribution in [0.4, 0.5) is 5.69 Å². The maximum atomic E-state index is 10.9. The van der Waals surface area contributed by atoms with Crippen molar-refractivity contribution in [1.82, 2.24) is 15.0 Å². The molecule has 0 bridgehead atoms. The number of nitrogens with zero attached hydrogens (tertiary/aromatic N) is 4. The second-order valence-corrected chi connectivity index (χ2v) is 6.59. The molecule has 0 atom stereocenters. The predicted molar refractivity (Wildman–Crippen MR) is 90.7 cm³/mol. The number of rotatable bonds is 6. The number of nitro groups is 1. The van der Waals surface area contributed by atoms with E-state index < -0.39 is 4.92 Å². The Morgan fingerprint density at radius 2 is 2.12 bits per heavy atom. The molecule has 1 aliphatic rings. The number of aliphatic hydroxyl groups excluding tert-OH is 1. The van der Waals surface area contributed by atoms with E-state index in [-0.39, 0.29) is 12.3 Å². The molecule has 134 valence electrons. The molecule has 25 heavy (non-hydrogen) atoms. The van der Waals surface area contributed by atoms with E-state index in [1.807, 2.05) is 7.05 Å². The molecular weight excluding hydrogens is 324 g/mol. The molecule has 0 radical (unpaired) electrons. The van der Waals surface area contributed by atoms with Crippen LogP contribution in [0.15, 0.2) is 28.8 Å². The van der Waals surface area contributed by atoms with Gasteiger partial charge in [-0.05, 0) is 38.6 Å². The number of benzene rings is 1. The number of hydrogen-bond donors (Lipinski definition) is 1. The molecule has 1 fully saturated rings. The summed E-state index contributed by atoms with van der Waals surface area (Å²) in [5.41, 5.74) is 0.567. The van der Waals surface area contributed by atoms with Crippen LogP contribution in [0.3, 0.4) is 0 Å². The van der Waals surface area contributed by atoms with Crippen LogP contribution in [0.25, 0.3) is 11.4 Å². The summed E-state index contributed by atoms with van der Waals surface area (Å²) < 4.78 is 5.31. The zero-order chi connectivity index (χ0) is 17.8. The molecular formula is C17H22N4O4. The van der Waals surface area contributed by atoms with E-state index in [1.54, 1.807) is 12.1 Å². The van der Waals surface area contributed by atoms with Crippen LogP contribution in [0, 0.1) is 16.0 Å². The Morgan fingerprint density at radius 1 is 1.36 bits per heavy atom. The molecule has 0 saturated heterocycles. The van der Waals surface area contributed by atoms with Gasteiger partial charge in [-0.1, -0.05) is 17.3 Å². The Bertz CT molecular complexity index is 725. The second kappa shape index (κ2) is 7.71. The maximum Gasteiger partial charge on any atom is 0.270 e. The molecule has 1 heterocycles. The van der Waals surface area contributed by atoms with Crippen molar-refractivity contribution in [2.45, 2.75) is 38.3 Å². The van der Waals surface area contributed by atoms with Crippen LogP contribution < -0.4 is 0 Å². The van der Waals surface area contributed by atoms with Gasteiger partial charge < -0.3 is 9.63 Å². The monoisotopic (exact) mass is 346 g/mol. The van der Waals surface area contributed by atoms with Gasteiger partial charge in [-0.2, -0.15) is 4.98 Å². The summed E-state index contributed by atoms with van der Waals surface area (Å²) in [4.78, 5) is 17.0. The molecule has 0 amide bonds. The normalized spacial score (nSPS) is 20.8. The average Bonchev–Trinajstić information content (AvgIpc) is 3.10. The van der Waals surface area contributed by atoms with Gasteiger partial charge in [0, 0.05) is 30.3 Å². The molecule has 2 aromatic rings. The van der Waals surface area contributed by atoms with Crippen LogP contribution >= 0.6 is 0 Å². The van der Waals surface area contributed by atoms with E-state index in [4.69, 9.17) is 4.52 Å². The molecule has 8 nitrogen and oxygen atoms in total. The lowest BCUT2D eigenvalue weighted by atomic mass is 9.86. The fourth-order valence-electron chi connectivity index (χ4n) is 3.31. The number of hydrogen-bond acceptors (Lipinski definition) is 7. The van der Waals surface area contributed by atoms with Crippen LogP contribution in [0.2, 0.25) is 0 Å². The first-order valence-corrected chi connectivity index (χ1v) is 8.45. The van der Waals surface area contributed by atoms with E-state index in [2.05, 4.69) is 15.0 Å². The lowest BCUT2D eigenvalue weighted by molar-refractivity contribution is -0.384. The van der Waals surface area contributed by atoms with Gasteiger partial charge in [-0.15, -0.1) is 0 Å². The summed E-state index contributed by atoms with van der Waals surface area (Å²) in [5.74, 6) is 1.28. The molecule has 1 aromatic carbocycles. The number of aliphatic hydroxyl groups is 1. The molecule has 1 aliphatic carbocycles. The quantitative estimate of drug-likeness (QED) is 0.633. The van der Waals surface area contributed by atoms with E-state index in [1.165, 1.54) is 12.1 Å². The highest BCUT2D eigenvalue weighted by atomic mass is 16.6. The van der Waals surface area contributed by atoms with Crippen molar-refractivity contribution in [3.05, 3.63) is 40.3 Å². The van der Waals surface area contributed by atoms with Crippen LogP contribution in [-0.2, 0) is 6.54 Å². The summed E-state index contributed by atoms with van der Waals surface area (Å²) in [6.45, 7) is 0.809. The van der Waals surface area contributed by atoms with E-state index in [0.717, 1.165) is 25.7 Å². The molecule has 0 spiro atoms. The van der Waals surface area contributed by atoms with Crippen LogP contribution in [0.1, 0.15) is 31.6 Å². The number of aromatic nitrogens is 2. The SMILES string of the molecule is CN(Cc1nc(-c2cccc([N+](=O)[O-])c2)no1)C1CCC(CO)CC1. The Kier molecular flexibility index (Phi) is 5.40. The zero-order valence-electron chi connectivity index (χ0n) is 14.2. The smallest absolute Gasteiger partial charge is 0.270 e. The third kappa shape index (κ3) is 4.21. The Labute approximate surface area is 145 Å². The van der Waals surface area contributed by atoms with Crippen molar-refractivity contribution in [2.24, 2.45) is 5.92 Å². The summed E-state index contributed by atoms with van der Waals surface area (Å²) >= 11 is 0. The summed E-state index contributed by atoms with van der Waals surface area (Å²) in [5, 5.41) is 24.0. The first-order chi connectivity index (χ1) is 12.1. The first kappa shape index (κ1) is 17.5. The van der Waals surface area contributed by atoms with Gasteiger partial charge in [0.1, 0.15) is 0 Å². The Balaban J connectivity index is 1.64. The average molecular weight is 346 g/mol. The third-order valence-electron chi connectivity index (χ3n) is 4.87. The molecule has 1 saturated carbocycles. The van der Waals surface area contributed by atoms with Gasteiger partial charge in [0.05, 0.1) is 11.5 Å². The van der Waals surface area contributed by atoms with Gasteiger partial charge in [0.2, 0.25) is 11.7 Å². The first-order valence-electron chi connectivity index (χ1n) is 8.45. The molecule has 0 unspecified atom stereocenters. The highest BCUT2D eigenvalue weighted by molar-refractivity contribution is 5.58. The molecule has 8 heteroatoms. The van der Waals surface area contributed by atoms with Crippen molar-refractivity contribution in [3.63, 3.8) is 0 Å². The van der Waals surface area contributed by atoms with Gasteiger partial charge in [-0.3, -0.25) is 15.0 Å². The van der Waals surface area contributed by atoms with E-state index >= 15 is 0 Å². The van der Waals surface area contributed by atoms with Crippen LogP contribution in [-0.4, -0.2) is 44.8 Å². The maximum absolute atomic E-state index is 10.9. The fraction of sp³-hybridized carbons (Fsp3) is 0.529. The van der Waals surface area contributed by atoms with Crippen molar-refractivity contribution in [2.75, 3.05) is 13.7 Å². The van der Waals surface area contributed by atoms with Crippen LogP contribution in [0.5, 0.6) is 0 Å². The van der Waals surface area contributed by atoms with Gasteiger partial charge in [-0.25, -0.2) is 0 Å². The third-order valence-corrected chi connectivity index (χ3v) is 4.87. The topological polar surface area (TPSA) is 106 Å². The minimum absolute atomic E-state index is 0.00149. The van der Waals surface area contributed by atoms with Crippen molar-refractivity contribution >= 4 is 5.69 Å². The van der Waals surface area contributed by atoms with Gasteiger partial charge >= 0.3 is 0 Å². The molecule has 0 aliphatic heterocycles. The van der Waals surface area contributed by atoms with E-state index in [9.17, 15) is 15.2 Å². The van der Waals surface area contributed by atoms with Crippen molar-refractivity contribution in [1.29, 1.82) is 0 Å². The standard InChI is InChI=1S/C17H22N4O4/c1-20(14-7-5-12(11-22)6-8-14)10-16-18-17(19-25-16)13-3-2-4-15(9-13)21(23)24/h2-4,9,12,14,22H,5-8,10-11H2,1H3. The van der Waals surface area contributed by atoms with Gasteiger partial charge in [0.15, 0.2) is 0 Å². The molecule has 1 aromatic heterocycles. The Morgan fingerprint density at radius 3 is 2.80 bits per heavy atom. The molecule has 1 N–H and O–H groups in total. The van der Waals surface area contributed by atoms with Crippen molar-refractivity contribution < 1.29 is 14.6 Å². The fourth-order valence-corrected chi connectivity index (χ4v) is 3.31. The summed E-state index contributed by atoms with van der Waals surface area (Å²) in [6, 6.07) is 6.64. The highest BCUT2D eigenvalue weighted by Crippen LogP contribution is 2.27. The van der Waals surface area contributed by atoms with E-state index in [0.29, 0.717) is 35.8 Å². The van der Waals surface area contributed by atoms with Crippen molar-refractivity contribution in [3.8, 4) is 11.4 Å². The summed E-state index contributed by atoms with van der Waals surface area (Å²) in [7, 11) is 2.03.